The molecule has 190 valence electrons. The second kappa shape index (κ2) is 10.9. The normalized spacial score (nSPS) is 11.9. The number of carboxylic acid groups (broad SMARTS) is 1. The van der Waals surface area contributed by atoms with Crippen LogP contribution in [0.1, 0.15) is 12.8 Å². The van der Waals surface area contributed by atoms with Crippen molar-refractivity contribution in [3.8, 4) is 0 Å². The number of hydrogen-bond donors (Lipinski definition) is 3. The number of halogens is 1. The fraction of sp³-hybridized carbons (Fsp3) is 0.129. The van der Waals surface area contributed by atoms with Crippen LogP contribution >= 0.6 is 12.4 Å². The molecular formula is C31H27ClN4O2. The average Bonchev–Trinajstić information content (AvgIpc) is 2.93. The van der Waals surface area contributed by atoms with E-state index >= 15 is 0 Å². The number of nitrogens with zero attached hydrogens (tertiary/aromatic N) is 2. The van der Waals surface area contributed by atoms with E-state index in [1.807, 2.05) is 84.9 Å². The van der Waals surface area contributed by atoms with Crippen LogP contribution in [0.15, 0.2) is 97.1 Å². The van der Waals surface area contributed by atoms with Gasteiger partial charge in [0.15, 0.2) is 0 Å². The van der Waals surface area contributed by atoms with Crippen LogP contribution in [0.3, 0.4) is 0 Å². The van der Waals surface area contributed by atoms with E-state index in [4.69, 9.17) is 9.97 Å². The van der Waals surface area contributed by atoms with Crippen molar-refractivity contribution in [1.82, 2.24) is 9.97 Å². The predicted octanol–water partition coefficient (Wildman–Crippen LogP) is 7.27. The number of benzene rings is 4. The summed E-state index contributed by atoms with van der Waals surface area (Å²) in [6.07, 6.45) is 1.14. The summed E-state index contributed by atoms with van der Waals surface area (Å²) >= 11 is 0. The van der Waals surface area contributed by atoms with Crippen molar-refractivity contribution in [2.75, 3.05) is 17.2 Å². The van der Waals surface area contributed by atoms with Crippen LogP contribution in [0.4, 0.5) is 11.4 Å². The number of carbonyl (C=O) groups is 1. The Hall–Kier alpha value is -4.42. The zero-order chi connectivity index (χ0) is 25.2. The number of aromatic nitrogens is 2. The van der Waals surface area contributed by atoms with Gasteiger partial charge < -0.3 is 15.7 Å². The molecular weight excluding hydrogens is 496 g/mol. The van der Waals surface area contributed by atoms with Crippen LogP contribution in [-0.2, 0) is 4.79 Å². The molecule has 0 amide bonds. The zero-order valence-electron chi connectivity index (χ0n) is 20.6. The monoisotopic (exact) mass is 522 g/mol. The molecule has 3 N–H and O–H groups in total. The van der Waals surface area contributed by atoms with E-state index in [2.05, 4.69) is 22.8 Å². The van der Waals surface area contributed by atoms with E-state index in [0.29, 0.717) is 19.4 Å². The Balaban J connectivity index is 0.00000294. The summed E-state index contributed by atoms with van der Waals surface area (Å²) in [6, 6.07) is 31.1. The fourth-order valence-electron chi connectivity index (χ4n) is 4.98. The van der Waals surface area contributed by atoms with E-state index in [1.54, 1.807) is 0 Å². The smallest absolute Gasteiger partial charge is 0.326 e. The Kier molecular flexibility index (Phi) is 7.24. The SMILES string of the molecule is Cl.O=C(O)[C@H](CCCNc1c2ccccc2nc2ccccc12)Nc1c2ccccc2nc2ccccc12. The first-order valence-corrected chi connectivity index (χ1v) is 12.5. The summed E-state index contributed by atoms with van der Waals surface area (Å²) in [4.78, 5) is 21.8. The number of anilines is 2. The van der Waals surface area contributed by atoms with Gasteiger partial charge >= 0.3 is 5.97 Å². The third kappa shape index (κ3) is 4.78. The molecule has 0 unspecified atom stereocenters. The molecule has 0 aliphatic carbocycles. The topological polar surface area (TPSA) is 87.1 Å². The molecule has 0 fully saturated rings. The van der Waals surface area contributed by atoms with Crippen LogP contribution in [0, 0.1) is 0 Å². The molecule has 0 bridgehead atoms. The lowest BCUT2D eigenvalue weighted by Gasteiger charge is -2.19. The Morgan fingerprint density at radius 3 is 1.47 bits per heavy atom. The third-order valence-electron chi connectivity index (χ3n) is 6.76. The second-order valence-electron chi connectivity index (χ2n) is 9.15. The number of nitrogens with one attached hydrogen (secondary N) is 2. The Morgan fingerprint density at radius 1 is 0.658 bits per heavy atom. The lowest BCUT2D eigenvalue weighted by atomic mass is 10.0. The molecule has 2 heterocycles. The molecule has 6 aromatic rings. The minimum absolute atomic E-state index is 0. The minimum Gasteiger partial charge on any atom is -0.480 e. The molecule has 0 aliphatic rings. The van der Waals surface area contributed by atoms with Gasteiger partial charge in [-0.05, 0) is 37.1 Å². The summed E-state index contributed by atoms with van der Waals surface area (Å²) < 4.78 is 0. The van der Waals surface area contributed by atoms with Crippen molar-refractivity contribution in [1.29, 1.82) is 0 Å². The molecule has 38 heavy (non-hydrogen) atoms. The van der Waals surface area contributed by atoms with Gasteiger partial charge in [-0.3, -0.25) is 0 Å². The standard InChI is InChI=1S/C31H26N4O2.ClH/c36-31(37)28(35-30-22-12-3-7-16-26(22)34-27-17-8-4-13-23(27)30)18-9-19-32-29-20-10-1-5-14-24(20)33-25-15-6-2-11-21(25)29;/h1-8,10-17,28H,9,18-19H2,(H,32,33)(H,34,35)(H,36,37);1H/t28-;/m0./s1. The number of para-hydroxylation sites is 4. The third-order valence-corrected chi connectivity index (χ3v) is 6.76. The van der Waals surface area contributed by atoms with Crippen molar-refractivity contribution < 1.29 is 9.90 Å². The molecule has 1 atom stereocenters. The Labute approximate surface area is 226 Å². The number of pyridine rings is 2. The first kappa shape index (κ1) is 25.2. The largest absolute Gasteiger partial charge is 0.480 e. The van der Waals surface area contributed by atoms with E-state index in [-0.39, 0.29) is 12.4 Å². The van der Waals surface area contributed by atoms with Crippen molar-refractivity contribution in [3.63, 3.8) is 0 Å². The van der Waals surface area contributed by atoms with E-state index < -0.39 is 12.0 Å². The van der Waals surface area contributed by atoms with Gasteiger partial charge in [-0.2, -0.15) is 0 Å². The summed E-state index contributed by atoms with van der Waals surface area (Å²) in [5, 5.41) is 20.9. The number of hydrogen-bond acceptors (Lipinski definition) is 5. The predicted molar refractivity (Wildman–Crippen MR) is 159 cm³/mol. The summed E-state index contributed by atoms with van der Waals surface area (Å²) in [7, 11) is 0. The molecule has 2 aromatic heterocycles. The highest BCUT2D eigenvalue weighted by Crippen LogP contribution is 2.32. The number of aliphatic carboxylic acids is 1. The maximum Gasteiger partial charge on any atom is 0.326 e. The van der Waals surface area contributed by atoms with Gasteiger partial charge in [-0.25, -0.2) is 14.8 Å². The molecule has 6 rings (SSSR count). The number of fused-ring (bicyclic) bond motifs is 4. The van der Waals surface area contributed by atoms with Gasteiger partial charge in [0, 0.05) is 28.1 Å². The maximum absolute atomic E-state index is 12.3. The molecule has 0 aliphatic heterocycles. The van der Waals surface area contributed by atoms with Gasteiger partial charge in [0.25, 0.3) is 0 Å². The fourth-order valence-corrected chi connectivity index (χ4v) is 4.98. The van der Waals surface area contributed by atoms with Crippen molar-refractivity contribution in [2.24, 2.45) is 0 Å². The second-order valence-corrected chi connectivity index (χ2v) is 9.15. The lowest BCUT2D eigenvalue weighted by Crippen LogP contribution is -2.30. The van der Waals surface area contributed by atoms with Crippen LogP contribution < -0.4 is 10.6 Å². The van der Waals surface area contributed by atoms with E-state index in [0.717, 1.165) is 55.0 Å². The Morgan fingerprint density at radius 2 is 1.05 bits per heavy atom. The quantitative estimate of drug-likeness (QED) is 0.144. The highest BCUT2D eigenvalue weighted by molar-refractivity contribution is 6.08. The molecule has 7 heteroatoms. The first-order valence-electron chi connectivity index (χ1n) is 12.5. The maximum atomic E-state index is 12.3. The van der Waals surface area contributed by atoms with Crippen molar-refractivity contribution >= 4 is 73.4 Å². The highest BCUT2D eigenvalue weighted by atomic mass is 35.5. The van der Waals surface area contributed by atoms with Gasteiger partial charge in [-0.1, -0.05) is 72.8 Å². The van der Waals surface area contributed by atoms with E-state index in [9.17, 15) is 9.90 Å². The zero-order valence-corrected chi connectivity index (χ0v) is 21.4. The van der Waals surface area contributed by atoms with Crippen LogP contribution in [0.2, 0.25) is 0 Å². The van der Waals surface area contributed by atoms with Crippen LogP contribution in [0.25, 0.3) is 43.6 Å². The minimum atomic E-state index is -0.871. The van der Waals surface area contributed by atoms with Gasteiger partial charge in [0.2, 0.25) is 0 Å². The molecule has 4 aromatic carbocycles. The average molecular weight is 523 g/mol. The molecule has 0 saturated carbocycles. The van der Waals surface area contributed by atoms with Gasteiger partial charge in [0.1, 0.15) is 6.04 Å². The highest BCUT2D eigenvalue weighted by Gasteiger charge is 2.20. The lowest BCUT2D eigenvalue weighted by molar-refractivity contribution is -0.138. The molecule has 0 spiro atoms. The molecule has 0 saturated heterocycles. The van der Waals surface area contributed by atoms with Crippen molar-refractivity contribution in [3.05, 3.63) is 97.1 Å². The summed E-state index contributed by atoms with van der Waals surface area (Å²) in [6.45, 7) is 0.640. The first-order chi connectivity index (χ1) is 18.2. The van der Waals surface area contributed by atoms with Crippen molar-refractivity contribution in [2.45, 2.75) is 18.9 Å². The van der Waals surface area contributed by atoms with E-state index in [1.165, 1.54) is 0 Å². The molecule has 0 radical (unpaired) electrons. The molecule has 6 nitrogen and oxygen atoms in total. The van der Waals surface area contributed by atoms with Gasteiger partial charge in [-0.15, -0.1) is 12.4 Å². The number of carboxylic acids is 1. The van der Waals surface area contributed by atoms with Crippen LogP contribution in [0.5, 0.6) is 0 Å². The van der Waals surface area contributed by atoms with Gasteiger partial charge in [0.05, 0.1) is 33.4 Å². The summed E-state index contributed by atoms with van der Waals surface area (Å²) in [5.74, 6) is -0.871. The number of rotatable bonds is 8. The summed E-state index contributed by atoms with van der Waals surface area (Å²) in [5.41, 5.74) is 5.40. The van der Waals surface area contributed by atoms with Crippen LogP contribution in [-0.4, -0.2) is 33.6 Å². The Bertz CT molecular complexity index is 1660.